The van der Waals surface area contributed by atoms with Gasteiger partial charge >= 0.3 is 0 Å². The van der Waals surface area contributed by atoms with Crippen LogP contribution in [0.5, 0.6) is 0 Å². The zero-order valence-electron chi connectivity index (χ0n) is 7.55. The quantitative estimate of drug-likeness (QED) is 0.788. The predicted molar refractivity (Wildman–Crippen MR) is 49.5 cm³/mol. The van der Waals surface area contributed by atoms with Crippen molar-refractivity contribution in [2.45, 2.75) is 13.0 Å². The Kier molecular flexibility index (Phi) is 2.55. The number of benzene rings is 1. The molecule has 0 amide bonds. The molecule has 0 aliphatic rings. The van der Waals surface area contributed by atoms with Crippen LogP contribution in [0.1, 0.15) is 17.3 Å². The van der Waals surface area contributed by atoms with Crippen LogP contribution in [0.3, 0.4) is 0 Å². The van der Waals surface area contributed by atoms with Crippen LogP contribution in [0.25, 0.3) is 0 Å². The van der Waals surface area contributed by atoms with Gasteiger partial charge in [-0.3, -0.25) is 0 Å². The molecule has 14 heavy (non-hydrogen) atoms. The second kappa shape index (κ2) is 4.02. The highest BCUT2D eigenvalue weighted by Gasteiger charge is 2.04. The fourth-order valence-electron chi connectivity index (χ4n) is 1.19. The molecule has 0 aliphatic heterocycles. The van der Waals surface area contributed by atoms with E-state index in [-0.39, 0.29) is 12.5 Å². The summed E-state index contributed by atoms with van der Waals surface area (Å²) in [4.78, 5) is 0. The Labute approximate surface area is 81.2 Å². The van der Waals surface area contributed by atoms with Crippen LogP contribution < -0.4 is 0 Å². The summed E-state index contributed by atoms with van der Waals surface area (Å²) in [5.41, 5.74) is 1.11. The van der Waals surface area contributed by atoms with Gasteiger partial charge in [0.05, 0.1) is 6.42 Å². The van der Waals surface area contributed by atoms with Gasteiger partial charge in [-0.25, -0.2) is 0 Å². The third kappa shape index (κ3) is 1.97. The number of aliphatic hydroxyl groups excluding tert-OH is 1. The monoisotopic (exact) mass is 190 g/mol. The van der Waals surface area contributed by atoms with Crippen molar-refractivity contribution >= 4 is 0 Å². The van der Waals surface area contributed by atoms with Gasteiger partial charge in [-0.05, 0) is 5.56 Å². The van der Waals surface area contributed by atoms with E-state index >= 15 is 0 Å². The minimum Gasteiger partial charge on any atom is -0.422 e. The summed E-state index contributed by atoms with van der Waals surface area (Å²) < 4.78 is 5.16. The van der Waals surface area contributed by atoms with Crippen LogP contribution in [-0.2, 0) is 13.0 Å². The van der Waals surface area contributed by atoms with Gasteiger partial charge in [0.2, 0.25) is 11.8 Å². The van der Waals surface area contributed by atoms with Crippen LogP contribution >= 0.6 is 0 Å². The molecular weight excluding hydrogens is 180 g/mol. The SMILES string of the molecule is OCc1nnc(Cc2ccccc2)o1. The number of rotatable bonds is 3. The summed E-state index contributed by atoms with van der Waals surface area (Å²) in [5.74, 6) is 0.788. The second-order valence-electron chi connectivity index (χ2n) is 2.91. The van der Waals surface area contributed by atoms with Gasteiger partial charge in [-0.2, -0.15) is 0 Å². The molecule has 4 heteroatoms. The number of hydrogen-bond donors (Lipinski definition) is 1. The Morgan fingerprint density at radius 3 is 2.43 bits per heavy atom. The lowest BCUT2D eigenvalue weighted by Crippen LogP contribution is -1.87. The highest BCUT2D eigenvalue weighted by molar-refractivity contribution is 5.17. The first kappa shape index (κ1) is 8.90. The molecule has 0 radical (unpaired) electrons. The van der Waals surface area contributed by atoms with Crippen molar-refractivity contribution in [3.63, 3.8) is 0 Å². The van der Waals surface area contributed by atoms with Crippen molar-refractivity contribution in [1.29, 1.82) is 0 Å². The third-order valence-corrected chi connectivity index (χ3v) is 1.84. The van der Waals surface area contributed by atoms with Crippen LogP contribution in [0.2, 0.25) is 0 Å². The molecule has 1 N–H and O–H groups in total. The van der Waals surface area contributed by atoms with Crippen molar-refractivity contribution < 1.29 is 9.52 Å². The van der Waals surface area contributed by atoms with E-state index in [0.717, 1.165) is 5.56 Å². The van der Waals surface area contributed by atoms with Crippen LogP contribution in [-0.4, -0.2) is 15.3 Å². The average molecular weight is 190 g/mol. The molecule has 0 atom stereocenters. The minimum atomic E-state index is -0.207. The standard InChI is InChI=1S/C10H10N2O2/c13-7-10-12-11-9(14-10)6-8-4-2-1-3-5-8/h1-5,13H,6-7H2. The van der Waals surface area contributed by atoms with E-state index in [0.29, 0.717) is 12.3 Å². The molecule has 72 valence electrons. The summed E-state index contributed by atoms with van der Waals surface area (Å²) in [5, 5.41) is 16.2. The first-order valence-electron chi connectivity index (χ1n) is 4.34. The largest absolute Gasteiger partial charge is 0.422 e. The van der Waals surface area contributed by atoms with Gasteiger partial charge in [0.15, 0.2) is 0 Å². The molecule has 2 aromatic rings. The Hall–Kier alpha value is -1.68. The molecule has 1 heterocycles. The summed E-state index contributed by atoms with van der Waals surface area (Å²) >= 11 is 0. The Morgan fingerprint density at radius 2 is 1.79 bits per heavy atom. The van der Waals surface area contributed by atoms with Crippen LogP contribution in [0.15, 0.2) is 34.7 Å². The van der Waals surface area contributed by atoms with Crippen LogP contribution in [0, 0.1) is 0 Å². The maximum atomic E-state index is 8.72. The van der Waals surface area contributed by atoms with Crippen molar-refractivity contribution in [2.24, 2.45) is 0 Å². The lowest BCUT2D eigenvalue weighted by Gasteiger charge is -1.94. The molecule has 0 saturated carbocycles. The minimum absolute atomic E-state index is 0.207. The topological polar surface area (TPSA) is 59.2 Å². The molecule has 0 bridgehead atoms. The van der Waals surface area contributed by atoms with Gasteiger partial charge in [0, 0.05) is 0 Å². The molecule has 1 aromatic carbocycles. The Morgan fingerprint density at radius 1 is 1.07 bits per heavy atom. The molecular formula is C10H10N2O2. The van der Waals surface area contributed by atoms with E-state index in [2.05, 4.69) is 10.2 Å². The van der Waals surface area contributed by atoms with Crippen LogP contribution in [0.4, 0.5) is 0 Å². The van der Waals surface area contributed by atoms with Crippen molar-refractivity contribution in [2.75, 3.05) is 0 Å². The predicted octanol–water partition coefficient (Wildman–Crippen LogP) is 1.15. The molecule has 1 aromatic heterocycles. The zero-order chi connectivity index (χ0) is 9.80. The van der Waals surface area contributed by atoms with E-state index in [1.165, 1.54) is 0 Å². The number of nitrogens with zero attached hydrogens (tertiary/aromatic N) is 2. The van der Waals surface area contributed by atoms with Gasteiger partial charge in [-0.1, -0.05) is 30.3 Å². The fourth-order valence-corrected chi connectivity index (χ4v) is 1.19. The molecule has 0 unspecified atom stereocenters. The molecule has 0 saturated heterocycles. The lowest BCUT2D eigenvalue weighted by molar-refractivity contribution is 0.237. The first-order chi connectivity index (χ1) is 6.88. The van der Waals surface area contributed by atoms with Crippen molar-refractivity contribution in [3.8, 4) is 0 Å². The van der Waals surface area contributed by atoms with Gasteiger partial charge in [0.25, 0.3) is 0 Å². The highest BCUT2D eigenvalue weighted by atomic mass is 16.4. The summed E-state index contributed by atoms with van der Waals surface area (Å²) in [6, 6.07) is 9.85. The van der Waals surface area contributed by atoms with Gasteiger partial charge in [-0.15, -0.1) is 10.2 Å². The summed E-state index contributed by atoms with van der Waals surface area (Å²) in [6.07, 6.45) is 0.605. The molecule has 2 rings (SSSR count). The Balaban J connectivity index is 2.11. The fraction of sp³-hybridized carbons (Fsp3) is 0.200. The van der Waals surface area contributed by atoms with E-state index in [4.69, 9.17) is 9.52 Å². The summed E-state index contributed by atoms with van der Waals surface area (Å²) in [6.45, 7) is -0.207. The third-order valence-electron chi connectivity index (χ3n) is 1.84. The van der Waals surface area contributed by atoms with Gasteiger partial charge < -0.3 is 9.52 Å². The Bertz CT molecular complexity index is 398. The summed E-state index contributed by atoms with van der Waals surface area (Å²) in [7, 11) is 0. The normalized spacial score (nSPS) is 10.4. The smallest absolute Gasteiger partial charge is 0.241 e. The van der Waals surface area contributed by atoms with Gasteiger partial charge in [0.1, 0.15) is 6.61 Å². The highest BCUT2D eigenvalue weighted by Crippen LogP contribution is 2.07. The zero-order valence-corrected chi connectivity index (χ0v) is 7.55. The van der Waals surface area contributed by atoms with Crippen molar-refractivity contribution in [1.82, 2.24) is 10.2 Å². The molecule has 0 spiro atoms. The maximum Gasteiger partial charge on any atom is 0.241 e. The average Bonchev–Trinajstić information content (AvgIpc) is 2.67. The molecule has 4 nitrogen and oxygen atoms in total. The molecule has 0 aliphatic carbocycles. The van der Waals surface area contributed by atoms with E-state index in [1.807, 2.05) is 30.3 Å². The van der Waals surface area contributed by atoms with E-state index < -0.39 is 0 Å². The van der Waals surface area contributed by atoms with Crippen molar-refractivity contribution in [3.05, 3.63) is 47.7 Å². The van der Waals surface area contributed by atoms with E-state index in [1.54, 1.807) is 0 Å². The maximum absolute atomic E-state index is 8.72. The molecule has 0 fully saturated rings. The lowest BCUT2D eigenvalue weighted by atomic mass is 10.2. The van der Waals surface area contributed by atoms with E-state index in [9.17, 15) is 0 Å². The second-order valence-corrected chi connectivity index (χ2v) is 2.91. The number of hydrogen-bond acceptors (Lipinski definition) is 4. The number of aliphatic hydroxyl groups is 1. The number of aromatic nitrogens is 2. The first-order valence-corrected chi connectivity index (χ1v) is 4.34.